The van der Waals surface area contributed by atoms with Crippen molar-refractivity contribution in [1.29, 1.82) is 0 Å². The van der Waals surface area contributed by atoms with Gasteiger partial charge in [0.05, 0.1) is 18.9 Å². The van der Waals surface area contributed by atoms with E-state index in [2.05, 4.69) is 15.8 Å². The number of nitrogens with one attached hydrogen (secondary N) is 2. The van der Waals surface area contributed by atoms with E-state index < -0.39 is 17.8 Å². The summed E-state index contributed by atoms with van der Waals surface area (Å²) in [7, 11) is 1.50. The van der Waals surface area contributed by atoms with Crippen molar-refractivity contribution < 1.29 is 24.2 Å². The van der Waals surface area contributed by atoms with Gasteiger partial charge in [-0.2, -0.15) is 5.10 Å². The van der Waals surface area contributed by atoms with E-state index in [1.54, 1.807) is 36.4 Å². The zero-order valence-electron chi connectivity index (χ0n) is 17.7. The van der Waals surface area contributed by atoms with E-state index in [9.17, 15) is 14.4 Å². The summed E-state index contributed by atoms with van der Waals surface area (Å²) in [5, 5.41) is 15.4. The van der Waals surface area contributed by atoms with Crippen LogP contribution in [-0.2, 0) is 9.59 Å². The van der Waals surface area contributed by atoms with Crippen molar-refractivity contribution in [1.82, 2.24) is 9.99 Å². The second kappa shape index (κ2) is 9.61. The van der Waals surface area contributed by atoms with E-state index in [0.717, 1.165) is 22.6 Å². The highest BCUT2D eigenvalue weighted by Gasteiger charge is 2.14. The molecule has 0 bridgehead atoms. The molecule has 0 unspecified atom stereocenters. The van der Waals surface area contributed by atoms with Gasteiger partial charge in [-0.15, -0.1) is 0 Å². The van der Waals surface area contributed by atoms with Crippen molar-refractivity contribution in [3.05, 3.63) is 77.1 Å². The Bertz CT molecular complexity index is 1200. The lowest BCUT2D eigenvalue weighted by Crippen LogP contribution is -2.32. The summed E-state index contributed by atoms with van der Waals surface area (Å²) in [5.41, 5.74) is 6.10. The van der Waals surface area contributed by atoms with Crippen LogP contribution in [0.2, 0.25) is 0 Å². The van der Waals surface area contributed by atoms with E-state index >= 15 is 0 Å². The largest absolute Gasteiger partial charge is 0.497 e. The van der Waals surface area contributed by atoms with Crippen LogP contribution in [0.4, 0.5) is 5.69 Å². The van der Waals surface area contributed by atoms with Crippen molar-refractivity contribution in [2.45, 2.75) is 13.8 Å². The maximum atomic E-state index is 12.1. The van der Waals surface area contributed by atoms with Crippen LogP contribution in [0.1, 0.15) is 27.3 Å². The van der Waals surface area contributed by atoms with E-state index in [0.29, 0.717) is 11.4 Å². The number of hydrogen-bond acceptors (Lipinski definition) is 5. The quantitative estimate of drug-likeness (QED) is 0.313. The summed E-state index contributed by atoms with van der Waals surface area (Å²) < 4.78 is 7.01. The fourth-order valence-corrected chi connectivity index (χ4v) is 3.17. The van der Waals surface area contributed by atoms with Gasteiger partial charge in [0.2, 0.25) is 0 Å². The van der Waals surface area contributed by atoms with Crippen molar-refractivity contribution in [2.75, 3.05) is 12.4 Å². The Labute approximate surface area is 184 Å². The Kier molecular flexibility index (Phi) is 6.69. The van der Waals surface area contributed by atoms with Crippen LogP contribution in [0, 0.1) is 13.8 Å². The minimum atomic E-state index is -0.989. The number of nitrogens with zero attached hydrogens (tertiary/aromatic N) is 2. The third kappa shape index (κ3) is 5.01. The zero-order valence-corrected chi connectivity index (χ0v) is 17.7. The van der Waals surface area contributed by atoms with Crippen LogP contribution < -0.4 is 15.5 Å². The van der Waals surface area contributed by atoms with Crippen LogP contribution in [0.3, 0.4) is 0 Å². The van der Waals surface area contributed by atoms with Crippen LogP contribution in [0.15, 0.2) is 59.7 Å². The SMILES string of the molecule is COc1cccc(NC(=O)C(=O)N/N=C\c2cc(C)n(-c3ccc(C(=O)O)cc3)c2C)c1. The number of aryl methyl sites for hydroxylation is 1. The number of rotatable bonds is 6. The standard InChI is InChI=1S/C23H22N4O5/c1-14-11-17(15(2)27(14)19-9-7-16(8-10-19)23(30)31)13-24-26-22(29)21(28)25-18-5-4-6-20(12-18)32-3/h4-13H,1-3H3,(H,25,28)(H,26,29)(H,30,31)/b24-13-. The Morgan fingerprint density at radius 1 is 1.03 bits per heavy atom. The number of carbonyl (C=O) groups is 3. The molecule has 3 N–H and O–H groups in total. The first-order valence-corrected chi connectivity index (χ1v) is 9.61. The highest BCUT2D eigenvalue weighted by molar-refractivity contribution is 6.39. The van der Waals surface area contributed by atoms with Gasteiger partial charge in [-0.25, -0.2) is 10.2 Å². The van der Waals surface area contributed by atoms with Gasteiger partial charge in [0.15, 0.2) is 0 Å². The lowest BCUT2D eigenvalue weighted by molar-refractivity contribution is -0.136. The number of amides is 2. The third-order valence-electron chi connectivity index (χ3n) is 4.75. The van der Waals surface area contributed by atoms with Gasteiger partial charge < -0.3 is 19.7 Å². The van der Waals surface area contributed by atoms with Crippen LogP contribution in [0.5, 0.6) is 5.75 Å². The predicted molar refractivity (Wildman–Crippen MR) is 120 cm³/mol. The lowest BCUT2D eigenvalue weighted by atomic mass is 10.2. The molecule has 1 heterocycles. The van der Waals surface area contributed by atoms with Gasteiger partial charge >= 0.3 is 17.8 Å². The third-order valence-corrected chi connectivity index (χ3v) is 4.75. The molecule has 0 spiro atoms. The molecule has 32 heavy (non-hydrogen) atoms. The molecule has 0 saturated carbocycles. The monoisotopic (exact) mass is 434 g/mol. The van der Waals surface area contributed by atoms with Gasteiger partial charge in [0, 0.05) is 34.4 Å². The molecule has 9 nitrogen and oxygen atoms in total. The number of ether oxygens (including phenoxy) is 1. The maximum absolute atomic E-state index is 12.1. The summed E-state index contributed by atoms with van der Waals surface area (Å²) in [6, 6.07) is 15.0. The van der Waals surface area contributed by atoms with Crippen LogP contribution >= 0.6 is 0 Å². The first kappa shape index (κ1) is 22.3. The van der Waals surface area contributed by atoms with Crippen molar-refractivity contribution >= 4 is 29.7 Å². The second-order valence-corrected chi connectivity index (χ2v) is 6.90. The predicted octanol–water partition coefficient (Wildman–Crippen LogP) is 2.89. The summed E-state index contributed by atoms with van der Waals surface area (Å²) in [6.45, 7) is 3.77. The molecule has 2 amide bonds. The van der Waals surface area contributed by atoms with E-state index in [1.807, 2.05) is 24.5 Å². The summed E-state index contributed by atoms with van der Waals surface area (Å²) >= 11 is 0. The fourth-order valence-electron chi connectivity index (χ4n) is 3.17. The zero-order chi connectivity index (χ0) is 23.3. The number of aromatic carboxylic acids is 1. The second-order valence-electron chi connectivity index (χ2n) is 6.90. The number of carbonyl (C=O) groups excluding carboxylic acids is 2. The van der Waals surface area contributed by atoms with Crippen LogP contribution in [0.25, 0.3) is 5.69 Å². The van der Waals surface area contributed by atoms with E-state index in [1.165, 1.54) is 25.5 Å². The molecule has 0 radical (unpaired) electrons. The Morgan fingerprint density at radius 3 is 2.41 bits per heavy atom. The van der Waals surface area contributed by atoms with Gasteiger partial charge in [-0.3, -0.25) is 9.59 Å². The topological polar surface area (TPSA) is 122 Å². The summed E-state index contributed by atoms with van der Waals surface area (Å²) in [4.78, 5) is 35.1. The number of carboxylic acids is 1. The number of carboxylic acid groups (broad SMARTS) is 1. The number of hydrazone groups is 1. The first-order chi connectivity index (χ1) is 15.3. The molecule has 3 rings (SSSR count). The average molecular weight is 434 g/mol. The van der Waals surface area contributed by atoms with Gasteiger partial charge in [-0.1, -0.05) is 6.07 Å². The molecule has 0 aliphatic rings. The van der Waals surface area contributed by atoms with Crippen LogP contribution in [-0.4, -0.2) is 40.8 Å². The molecule has 0 atom stereocenters. The molecule has 0 aliphatic carbocycles. The first-order valence-electron chi connectivity index (χ1n) is 9.61. The number of anilines is 1. The highest BCUT2D eigenvalue weighted by atomic mass is 16.5. The average Bonchev–Trinajstić information content (AvgIpc) is 3.06. The minimum Gasteiger partial charge on any atom is -0.497 e. The Hall–Kier alpha value is -4.40. The van der Waals surface area contributed by atoms with Gasteiger partial charge in [-0.05, 0) is 56.3 Å². The van der Waals surface area contributed by atoms with Crippen molar-refractivity contribution in [3.8, 4) is 11.4 Å². The Morgan fingerprint density at radius 2 is 1.75 bits per heavy atom. The number of hydrogen-bond donors (Lipinski definition) is 3. The summed E-state index contributed by atoms with van der Waals surface area (Å²) in [6.07, 6.45) is 1.45. The molecule has 0 fully saturated rings. The van der Waals surface area contributed by atoms with E-state index in [-0.39, 0.29) is 5.56 Å². The number of methoxy groups -OCH3 is 1. The molecular weight excluding hydrogens is 412 g/mol. The molecule has 3 aromatic rings. The Balaban J connectivity index is 1.67. The molecule has 164 valence electrons. The highest BCUT2D eigenvalue weighted by Crippen LogP contribution is 2.20. The van der Waals surface area contributed by atoms with Crippen molar-refractivity contribution in [3.63, 3.8) is 0 Å². The smallest absolute Gasteiger partial charge is 0.335 e. The lowest BCUT2D eigenvalue weighted by Gasteiger charge is -2.09. The minimum absolute atomic E-state index is 0.202. The molecule has 0 aliphatic heterocycles. The summed E-state index contributed by atoms with van der Waals surface area (Å²) in [5.74, 6) is -2.22. The number of aromatic nitrogens is 1. The van der Waals surface area contributed by atoms with E-state index in [4.69, 9.17) is 9.84 Å². The van der Waals surface area contributed by atoms with Crippen molar-refractivity contribution in [2.24, 2.45) is 5.10 Å². The molecule has 2 aromatic carbocycles. The number of benzene rings is 2. The molecular formula is C23H22N4O5. The van der Waals surface area contributed by atoms with Gasteiger partial charge in [0.25, 0.3) is 0 Å². The fraction of sp³-hybridized carbons (Fsp3) is 0.130. The molecule has 0 saturated heterocycles. The maximum Gasteiger partial charge on any atom is 0.335 e. The van der Waals surface area contributed by atoms with Gasteiger partial charge in [0.1, 0.15) is 5.75 Å². The molecule has 9 heteroatoms. The molecule has 1 aromatic heterocycles. The normalized spacial score (nSPS) is 10.7.